The minimum absolute atomic E-state index is 0.0275. The van der Waals surface area contributed by atoms with Crippen LogP contribution >= 0.6 is 0 Å². The fraction of sp³-hybridized carbons (Fsp3) is 0.667. The van der Waals surface area contributed by atoms with E-state index in [4.69, 9.17) is 10.5 Å². The van der Waals surface area contributed by atoms with Gasteiger partial charge in [0.15, 0.2) is 11.5 Å². The number of nitrogens with zero attached hydrogens (tertiary/aromatic N) is 2. The van der Waals surface area contributed by atoms with Gasteiger partial charge >= 0.3 is 0 Å². The Bertz CT molecular complexity index is 391. The molecule has 0 aliphatic carbocycles. The maximum atomic E-state index is 12.2. The lowest BCUT2D eigenvalue weighted by Gasteiger charge is -2.17. The molecule has 0 saturated carbocycles. The monoisotopic (exact) mass is 239 g/mol. The Balaban J connectivity index is 3.01. The molecule has 0 amide bonds. The van der Waals surface area contributed by atoms with E-state index in [0.717, 1.165) is 6.42 Å². The second-order valence-corrected chi connectivity index (χ2v) is 4.87. The number of aromatic nitrogens is 2. The smallest absolute Gasteiger partial charge is 0.186 e. The number of hydrogen-bond donors (Lipinski definition) is 1. The van der Waals surface area contributed by atoms with E-state index in [-0.39, 0.29) is 12.2 Å². The van der Waals surface area contributed by atoms with Gasteiger partial charge in [-0.25, -0.2) is 0 Å². The Morgan fingerprint density at radius 3 is 2.71 bits per heavy atom. The van der Waals surface area contributed by atoms with Crippen LogP contribution < -0.4 is 10.5 Å². The van der Waals surface area contributed by atoms with Gasteiger partial charge in [-0.15, -0.1) is 0 Å². The van der Waals surface area contributed by atoms with Gasteiger partial charge in [0.1, 0.15) is 5.69 Å². The quantitative estimate of drug-likeness (QED) is 0.766. The Morgan fingerprint density at radius 2 is 2.24 bits per heavy atom. The maximum absolute atomic E-state index is 12.2. The second-order valence-electron chi connectivity index (χ2n) is 4.87. The average Bonchev–Trinajstić information content (AvgIpc) is 2.58. The molecule has 5 nitrogen and oxygen atoms in total. The molecule has 0 aliphatic rings. The molecular formula is C12H21N3O2. The largest absolute Gasteiger partial charge is 0.493 e. The Labute approximate surface area is 102 Å². The molecule has 0 atom stereocenters. The number of aryl methyl sites for hydroxylation is 1. The van der Waals surface area contributed by atoms with Crippen molar-refractivity contribution in [1.82, 2.24) is 9.78 Å². The Morgan fingerprint density at radius 1 is 1.59 bits per heavy atom. The molecule has 1 aromatic heterocycles. The third-order valence-corrected chi connectivity index (χ3v) is 2.34. The molecule has 5 heteroatoms. The first-order chi connectivity index (χ1) is 7.89. The summed E-state index contributed by atoms with van der Waals surface area (Å²) in [5, 5.41) is 4.16. The van der Waals surface area contributed by atoms with Crippen LogP contribution in [-0.4, -0.2) is 28.2 Å². The fourth-order valence-corrected chi connectivity index (χ4v) is 1.68. The number of ketones is 1. The standard InChI is InChI=1S/C12H21N3O2/c1-5-6-15-11(10(17-4)8-14-15)9(16)7-12(2,3)13/h8H,5-7,13H2,1-4H3. The summed E-state index contributed by atoms with van der Waals surface area (Å²) in [6.45, 7) is 6.40. The van der Waals surface area contributed by atoms with E-state index >= 15 is 0 Å². The highest BCUT2D eigenvalue weighted by molar-refractivity contribution is 5.97. The van der Waals surface area contributed by atoms with Crippen LogP contribution in [0.4, 0.5) is 0 Å². The number of hydrogen-bond acceptors (Lipinski definition) is 4. The van der Waals surface area contributed by atoms with Crippen LogP contribution in [0.15, 0.2) is 6.20 Å². The van der Waals surface area contributed by atoms with Crippen molar-refractivity contribution >= 4 is 5.78 Å². The minimum atomic E-state index is -0.524. The van der Waals surface area contributed by atoms with Gasteiger partial charge in [-0.05, 0) is 20.3 Å². The summed E-state index contributed by atoms with van der Waals surface area (Å²) in [7, 11) is 1.54. The van der Waals surface area contributed by atoms with Gasteiger partial charge in [-0.1, -0.05) is 6.92 Å². The van der Waals surface area contributed by atoms with Crippen molar-refractivity contribution in [2.24, 2.45) is 5.73 Å². The Kier molecular flexibility index (Phi) is 4.28. The minimum Gasteiger partial charge on any atom is -0.493 e. The molecule has 2 N–H and O–H groups in total. The molecule has 0 aromatic carbocycles. The lowest BCUT2D eigenvalue weighted by atomic mass is 9.97. The zero-order chi connectivity index (χ0) is 13.1. The summed E-state index contributed by atoms with van der Waals surface area (Å²) < 4.78 is 6.85. The highest BCUT2D eigenvalue weighted by Crippen LogP contribution is 2.21. The number of methoxy groups -OCH3 is 1. The Hall–Kier alpha value is -1.36. The molecule has 0 spiro atoms. The number of rotatable bonds is 6. The second kappa shape index (κ2) is 5.31. The zero-order valence-electron chi connectivity index (χ0n) is 11.0. The third-order valence-electron chi connectivity index (χ3n) is 2.34. The molecule has 1 aromatic rings. The van der Waals surface area contributed by atoms with Crippen LogP contribution in [-0.2, 0) is 6.54 Å². The number of carbonyl (C=O) groups is 1. The van der Waals surface area contributed by atoms with Crippen LogP contribution in [0, 0.1) is 0 Å². The van der Waals surface area contributed by atoms with Crippen LogP contribution in [0.3, 0.4) is 0 Å². The molecular weight excluding hydrogens is 218 g/mol. The molecule has 0 unspecified atom stereocenters. The summed E-state index contributed by atoms with van der Waals surface area (Å²) in [4.78, 5) is 12.2. The summed E-state index contributed by atoms with van der Waals surface area (Å²) in [5.74, 6) is 0.494. The van der Waals surface area contributed by atoms with Gasteiger partial charge in [0.05, 0.1) is 13.3 Å². The van der Waals surface area contributed by atoms with Crippen molar-refractivity contribution < 1.29 is 9.53 Å². The molecule has 96 valence electrons. The van der Waals surface area contributed by atoms with Gasteiger partial charge < -0.3 is 10.5 Å². The highest BCUT2D eigenvalue weighted by Gasteiger charge is 2.24. The SMILES string of the molecule is CCCn1ncc(OC)c1C(=O)CC(C)(C)N. The first-order valence-electron chi connectivity index (χ1n) is 5.81. The molecule has 0 radical (unpaired) electrons. The molecule has 0 bridgehead atoms. The number of ether oxygens (including phenoxy) is 1. The predicted octanol–water partition coefficient (Wildman–Crippen LogP) is 1.61. The van der Waals surface area contributed by atoms with Gasteiger partial charge in [0.2, 0.25) is 0 Å². The van der Waals surface area contributed by atoms with Crippen molar-refractivity contribution in [2.45, 2.75) is 45.7 Å². The van der Waals surface area contributed by atoms with E-state index < -0.39 is 5.54 Å². The van der Waals surface area contributed by atoms with Crippen LogP contribution in [0.5, 0.6) is 5.75 Å². The summed E-state index contributed by atoms with van der Waals surface area (Å²) >= 11 is 0. The molecule has 17 heavy (non-hydrogen) atoms. The topological polar surface area (TPSA) is 70.1 Å². The normalized spacial score (nSPS) is 11.6. The van der Waals surface area contributed by atoms with E-state index in [1.54, 1.807) is 10.9 Å². The zero-order valence-corrected chi connectivity index (χ0v) is 11.0. The average molecular weight is 239 g/mol. The van der Waals surface area contributed by atoms with Crippen molar-refractivity contribution in [3.05, 3.63) is 11.9 Å². The third kappa shape index (κ3) is 3.56. The number of Topliss-reactive ketones (excluding diaryl/α,β-unsaturated/α-hetero) is 1. The molecule has 0 saturated heterocycles. The van der Waals surface area contributed by atoms with Gasteiger partial charge in [-0.2, -0.15) is 5.10 Å². The number of nitrogens with two attached hydrogens (primary N) is 1. The van der Waals surface area contributed by atoms with Crippen LogP contribution in [0.25, 0.3) is 0 Å². The molecule has 1 rings (SSSR count). The van der Waals surface area contributed by atoms with Gasteiger partial charge in [0, 0.05) is 18.5 Å². The van der Waals surface area contributed by atoms with Crippen LogP contribution in [0.1, 0.15) is 44.1 Å². The van der Waals surface area contributed by atoms with E-state index in [1.807, 2.05) is 20.8 Å². The van der Waals surface area contributed by atoms with E-state index in [0.29, 0.717) is 18.0 Å². The van der Waals surface area contributed by atoms with Gasteiger partial charge in [-0.3, -0.25) is 9.48 Å². The first-order valence-corrected chi connectivity index (χ1v) is 5.81. The number of carbonyl (C=O) groups excluding carboxylic acids is 1. The summed E-state index contributed by atoms with van der Waals surface area (Å²) in [6.07, 6.45) is 2.77. The molecule has 0 fully saturated rings. The fourth-order valence-electron chi connectivity index (χ4n) is 1.68. The van der Waals surface area contributed by atoms with Crippen molar-refractivity contribution in [2.75, 3.05) is 7.11 Å². The van der Waals surface area contributed by atoms with Crippen molar-refractivity contribution in [3.8, 4) is 5.75 Å². The molecule has 1 heterocycles. The summed E-state index contributed by atoms with van der Waals surface area (Å²) in [6, 6.07) is 0. The predicted molar refractivity (Wildman–Crippen MR) is 66.3 cm³/mol. The summed E-state index contributed by atoms with van der Waals surface area (Å²) in [5.41, 5.74) is 5.86. The van der Waals surface area contributed by atoms with E-state index in [2.05, 4.69) is 5.10 Å². The molecule has 0 aliphatic heterocycles. The highest BCUT2D eigenvalue weighted by atomic mass is 16.5. The maximum Gasteiger partial charge on any atom is 0.186 e. The van der Waals surface area contributed by atoms with Crippen molar-refractivity contribution in [3.63, 3.8) is 0 Å². The van der Waals surface area contributed by atoms with E-state index in [1.165, 1.54) is 7.11 Å². The first kappa shape index (κ1) is 13.7. The van der Waals surface area contributed by atoms with Crippen LogP contribution in [0.2, 0.25) is 0 Å². The van der Waals surface area contributed by atoms with E-state index in [9.17, 15) is 4.79 Å². The lowest BCUT2D eigenvalue weighted by molar-refractivity contribution is 0.0946. The lowest BCUT2D eigenvalue weighted by Crippen LogP contribution is -2.35. The van der Waals surface area contributed by atoms with Gasteiger partial charge in [0.25, 0.3) is 0 Å². The van der Waals surface area contributed by atoms with Crippen molar-refractivity contribution in [1.29, 1.82) is 0 Å².